The molecule has 0 fully saturated rings. The Morgan fingerprint density at radius 1 is 1.16 bits per heavy atom. The van der Waals surface area contributed by atoms with Gasteiger partial charge in [0.1, 0.15) is 17.2 Å². The van der Waals surface area contributed by atoms with E-state index in [0.29, 0.717) is 33.2 Å². The Labute approximate surface area is 185 Å². The number of ether oxygens (including phenoxy) is 2. The molecule has 3 aromatic rings. The Morgan fingerprint density at radius 2 is 1.84 bits per heavy atom. The zero-order valence-corrected chi connectivity index (χ0v) is 19.5. The molecule has 1 atom stereocenters. The molecule has 2 aromatic carbocycles. The summed E-state index contributed by atoms with van der Waals surface area (Å²) < 4.78 is 23.8. The first kappa shape index (κ1) is 23.0. The fraction of sp³-hybridized carbons (Fsp3) is 0.273. The Bertz CT molecular complexity index is 1110. The Hall–Kier alpha value is -2.67. The maximum Gasteiger partial charge on any atom is 0.257 e. The van der Waals surface area contributed by atoms with Crippen LogP contribution in [-0.4, -0.2) is 28.1 Å². The summed E-state index contributed by atoms with van der Waals surface area (Å²) in [6.45, 7) is 7.37. The molecule has 0 bridgehead atoms. The van der Waals surface area contributed by atoms with Crippen molar-refractivity contribution in [3.8, 4) is 17.2 Å². The van der Waals surface area contributed by atoms with Crippen molar-refractivity contribution in [3.63, 3.8) is 0 Å². The van der Waals surface area contributed by atoms with Crippen LogP contribution in [-0.2, 0) is 4.57 Å². The Morgan fingerprint density at radius 3 is 2.42 bits per heavy atom. The van der Waals surface area contributed by atoms with Gasteiger partial charge in [0.25, 0.3) is 5.91 Å². The molecule has 9 heteroatoms. The number of carbonyl (C=O) groups excluding carboxylic acids is 1. The van der Waals surface area contributed by atoms with E-state index in [1.165, 1.54) is 11.3 Å². The van der Waals surface area contributed by atoms with Crippen LogP contribution in [0.15, 0.2) is 48.7 Å². The van der Waals surface area contributed by atoms with Gasteiger partial charge in [-0.15, -0.1) is 11.3 Å². The molecule has 1 amide bonds. The van der Waals surface area contributed by atoms with Crippen molar-refractivity contribution in [2.45, 2.75) is 33.8 Å². The smallest absolute Gasteiger partial charge is 0.257 e. The van der Waals surface area contributed by atoms with Gasteiger partial charge >= 0.3 is 0 Å². The lowest BCUT2D eigenvalue weighted by Gasteiger charge is -2.14. The molecule has 0 aliphatic carbocycles. The van der Waals surface area contributed by atoms with Gasteiger partial charge in [-0.3, -0.25) is 14.7 Å². The number of benzene rings is 2. The SMILES string of the molecule is CCP(=O)(O)c1ccc(Oc2cc(OC(C)C)cc(C(=O)Nc3ncc(C)s3)c2)cc1. The predicted octanol–water partition coefficient (Wildman–Crippen LogP) is 5.20. The normalized spacial score (nSPS) is 13.0. The van der Waals surface area contributed by atoms with Gasteiger partial charge < -0.3 is 14.4 Å². The van der Waals surface area contributed by atoms with Crippen LogP contribution in [0.3, 0.4) is 0 Å². The van der Waals surface area contributed by atoms with Gasteiger partial charge in [0.15, 0.2) is 5.13 Å². The summed E-state index contributed by atoms with van der Waals surface area (Å²) in [4.78, 5) is 27.9. The van der Waals surface area contributed by atoms with E-state index in [2.05, 4.69) is 10.3 Å². The molecule has 1 heterocycles. The van der Waals surface area contributed by atoms with Crippen LogP contribution in [0.2, 0.25) is 0 Å². The van der Waals surface area contributed by atoms with Crippen molar-refractivity contribution in [3.05, 3.63) is 59.1 Å². The lowest BCUT2D eigenvalue weighted by atomic mass is 10.2. The first-order valence-corrected chi connectivity index (χ1v) is 12.5. The van der Waals surface area contributed by atoms with E-state index in [4.69, 9.17) is 9.47 Å². The topological polar surface area (TPSA) is 97.8 Å². The zero-order chi connectivity index (χ0) is 22.6. The van der Waals surface area contributed by atoms with Crippen LogP contribution in [0, 0.1) is 6.92 Å². The third-order valence-corrected chi connectivity index (χ3v) is 7.05. The monoisotopic (exact) mass is 460 g/mol. The van der Waals surface area contributed by atoms with Crippen LogP contribution in [0.4, 0.5) is 5.13 Å². The molecule has 7 nitrogen and oxygen atoms in total. The van der Waals surface area contributed by atoms with Crippen molar-refractivity contribution >= 4 is 35.0 Å². The van der Waals surface area contributed by atoms with Gasteiger partial charge in [0.2, 0.25) is 7.37 Å². The first-order valence-electron chi connectivity index (χ1n) is 9.82. The molecule has 0 aliphatic rings. The Kier molecular flexibility index (Phi) is 7.15. The minimum absolute atomic E-state index is 0.0835. The van der Waals surface area contributed by atoms with E-state index in [1.54, 1.807) is 55.6 Å². The first-order chi connectivity index (χ1) is 14.7. The van der Waals surface area contributed by atoms with Crippen LogP contribution >= 0.6 is 18.7 Å². The third-order valence-electron chi connectivity index (χ3n) is 4.26. The quantitative estimate of drug-likeness (QED) is 0.449. The van der Waals surface area contributed by atoms with Gasteiger partial charge in [0.05, 0.1) is 6.10 Å². The lowest BCUT2D eigenvalue weighted by Crippen LogP contribution is -2.13. The summed E-state index contributed by atoms with van der Waals surface area (Å²) >= 11 is 1.39. The number of aromatic nitrogens is 1. The maximum absolute atomic E-state index is 12.7. The second-order valence-electron chi connectivity index (χ2n) is 7.20. The average Bonchev–Trinajstić information content (AvgIpc) is 3.12. The molecule has 1 unspecified atom stereocenters. The molecule has 0 spiro atoms. The summed E-state index contributed by atoms with van der Waals surface area (Å²) in [5, 5.41) is 3.67. The number of thiazole rings is 1. The largest absolute Gasteiger partial charge is 0.491 e. The van der Waals surface area contributed by atoms with E-state index < -0.39 is 7.37 Å². The minimum atomic E-state index is -3.34. The molecular formula is C22H25N2O5PS. The second kappa shape index (κ2) is 9.64. The van der Waals surface area contributed by atoms with Gasteiger partial charge in [0, 0.05) is 34.2 Å². The number of nitrogens with zero attached hydrogens (tertiary/aromatic N) is 1. The molecule has 2 N–H and O–H groups in total. The van der Waals surface area contributed by atoms with Gasteiger partial charge in [-0.1, -0.05) is 6.92 Å². The highest BCUT2D eigenvalue weighted by Gasteiger charge is 2.18. The van der Waals surface area contributed by atoms with E-state index in [1.807, 2.05) is 20.8 Å². The van der Waals surface area contributed by atoms with Gasteiger partial charge in [-0.2, -0.15) is 0 Å². The highest BCUT2D eigenvalue weighted by molar-refractivity contribution is 7.66. The highest BCUT2D eigenvalue weighted by atomic mass is 32.1. The standard InChI is InChI=1S/C22H25N2O5PS/c1-5-30(26,27)20-8-6-17(7-9-20)29-19-11-16(10-18(12-19)28-14(2)3)21(25)24-22-23-13-15(4)31-22/h6-14H,5H2,1-4H3,(H,26,27)(H,23,24,25). The van der Waals surface area contributed by atoms with Crippen molar-refractivity contribution < 1.29 is 23.7 Å². The van der Waals surface area contributed by atoms with E-state index >= 15 is 0 Å². The molecule has 31 heavy (non-hydrogen) atoms. The highest BCUT2D eigenvalue weighted by Crippen LogP contribution is 2.39. The van der Waals surface area contributed by atoms with Crippen LogP contribution in [0.25, 0.3) is 0 Å². The fourth-order valence-electron chi connectivity index (χ4n) is 2.75. The van der Waals surface area contributed by atoms with Crippen molar-refractivity contribution in [2.75, 3.05) is 11.5 Å². The third kappa shape index (κ3) is 6.17. The summed E-state index contributed by atoms with van der Waals surface area (Å²) in [7, 11) is -3.34. The molecule has 1 aromatic heterocycles. The molecule has 164 valence electrons. The summed E-state index contributed by atoms with van der Waals surface area (Å²) in [6, 6.07) is 11.4. The molecule has 3 rings (SSSR count). The number of rotatable bonds is 8. The molecule has 0 radical (unpaired) electrons. The number of nitrogens with one attached hydrogen (secondary N) is 1. The number of hydrogen-bond donors (Lipinski definition) is 2. The summed E-state index contributed by atoms with van der Waals surface area (Å²) in [5.74, 6) is 1.06. The van der Waals surface area contributed by atoms with Gasteiger partial charge in [-0.25, -0.2) is 4.98 Å². The van der Waals surface area contributed by atoms with E-state index in [-0.39, 0.29) is 18.2 Å². The molecule has 0 saturated carbocycles. The number of aryl methyl sites for hydroxylation is 1. The van der Waals surface area contributed by atoms with Gasteiger partial charge in [-0.05, 0) is 57.2 Å². The predicted molar refractivity (Wildman–Crippen MR) is 124 cm³/mol. The maximum atomic E-state index is 12.7. The molecule has 0 aliphatic heterocycles. The molecular weight excluding hydrogens is 435 g/mol. The minimum Gasteiger partial charge on any atom is -0.491 e. The number of amides is 1. The number of anilines is 1. The molecule has 0 saturated heterocycles. The second-order valence-corrected chi connectivity index (χ2v) is 11.0. The van der Waals surface area contributed by atoms with Crippen molar-refractivity contribution in [1.82, 2.24) is 4.98 Å². The number of carbonyl (C=O) groups is 1. The average molecular weight is 460 g/mol. The van der Waals surface area contributed by atoms with Crippen LogP contribution < -0.4 is 20.1 Å². The summed E-state index contributed by atoms with van der Waals surface area (Å²) in [6.07, 6.45) is 1.78. The van der Waals surface area contributed by atoms with E-state index in [9.17, 15) is 14.3 Å². The van der Waals surface area contributed by atoms with E-state index in [0.717, 1.165) is 4.88 Å². The van der Waals surface area contributed by atoms with Crippen molar-refractivity contribution in [2.24, 2.45) is 0 Å². The Balaban J connectivity index is 1.86. The van der Waals surface area contributed by atoms with Crippen LogP contribution in [0.5, 0.6) is 17.2 Å². The fourth-order valence-corrected chi connectivity index (χ4v) is 4.39. The lowest BCUT2D eigenvalue weighted by molar-refractivity contribution is 0.102. The zero-order valence-electron chi connectivity index (χ0n) is 17.8. The van der Waals surface area contributed by atoms with Crippen LogP contribution in [0.1, 0.15) is 36.0 Å². The van der Waals surface area contributed by atoms with Crippen molar-refractivity contribution in [1.29, 1.82) is 0 Å². The number of hydrogen-bond acceptors (Lipinski definition) is 6. The summed E-state index contributed by atoms with van der Waals surface area (Å²) in [5.41, 5.74) is 0.364.